The van der Waals surface area contributed by atoms with E-state index in [-0.39, 0.29) is 5.69 Å². The van der Waals surface area contributed by atoms with Gasteiger partial charge in [-0.05, 0) is 19.2 Å². The number of likely N-dealkylation sites (N-methyl/N-ethyl adjacent to an activating group) is 1. The molecule has 0 aliphatic carbocycles. The van der Waals surface area contributed by atoms with E-state index < -0.39 is 17.6 Å². The summed E-state index contributed by atoms with van der Waals surface area (Å²) >= 11 is 2.56. The quantitative estimate of drug-likeness (QED) is 0.671. The van der Waals surface area contributed by atoms with E-state index in [1.165, 1.54) is 22.8 Å². The highest BCUT2D eigenvalue weighted by molar-refractivity contribution is 7.16. The van der Waals surface area contributed by atoms with Crippen LogP contribution in [-0.4, -0.2) is 34.4 Å². The van der Waals surface area contributed by atoms with Crippen molar-refractivity contribution in [2.45, 2.75) is 19.1 Å². The average molecular weight is 424 g/mol. The normalized spacial score (nSPS) is 14.7. The first-order valence-corrected chi connectivity index (χ1v) is 10.1. The molecule has 4 rings (SSSR count). The summed E-state index contributed by atoms with van der Waals surface area (Å²) in [6.07, 6.45) is -3.58. The highest BCUT2D eigenvalue weighted by Crippen LogP contribution is 2.33. The fourth-order valence-electron chi connectivity index (χ4n) is 2.88. The molecular formula is C18H15F3N4OS2. The number of aromatic nitrogens is 2. The van der Waals surface area contributed by atoms with Crippen LogP contribution in [0.3, 0.4) is 0 Å². The molecule has 0 unspecified atom stereocenters. The van der Waals surface area contributed by atoms with Crippen molar-refractivity contribution in [2.24, 2.45) is 0 Å². The molecule has 0 bridgehead atoms. The number of amides is 1. The van der Waals surface area contributed by atoms with Gasteiger partial charge in [-0.1, -0.05) is 12.1 Å². The third kappa shape index (κ3) is 3.94. The van der Waals surface area contributed by atoms with Crippen molar-refractivity contribution in [3.05, 3.63) is 51.5 Å². The number of alkyl halides is 3. The van der Waals surface area contributed by atoms with Crippen molar-refractivity contribution in [3.63, 3.8) is 0 Å². The Morgan fingerprint density at radius 3 is 2.89 bits per heavy atom. The maximum atomic E-state index is 12.9. The summed E-state index contributed by atoms with van der Waals surface area (Å²) in [6, 6.07) is 4.91. The van der Waals surface area contributed by atoms with Crippen LogP contribution in [0.2, 0.25) is 0 Å². The molecule has 146 valence electrons. The average Bonchev–Trinajstić information content (AvgIpc) is 3.27. The second kappa shape index (κ2) is 7.26. The first kappa shape index (κ1) is 19.0. The van der Waals surface area contributed by atoms with E-state index in [0.29, 0.717) is 15.7 Å². The molecule has 1 N–H and O–H groups in total. The highest BCUT2D eigenvalue weighted by Gasteiger charge is 2.30. The topological polar surface area (TPSA) is 58.1 Å². The summed E-state index contributed by atoms with van der Waals surface area (Å²) in [7, 11) is 2.03. The largest absolute Gasteiger partial charge is 0.416 e. The summed E-state index contributed by atoms with van der Waals surface area (Å²) in [6.45, 7) is 1.73. The Hall–Kier alpha value is -2.30. The third-order valence-corrected chi connectivity index (χ3v) is 6.21. The summed E-state index contributed by atoms with van der Waals surface area (Å²) in [4.78, 5) is 24.5. The van der Waals surface area contributed by atoms with Crippen LogP contribution >= 0.6 is 22.7 Å². The van der Waals surface area contributed by atoms with E-state index >= 15 is 0 Å². The van der Waals surface area contributed by atoms with Gasteiger partial charge >= 0.3 is 6.18 Å². The molecule has 10 heteroatoms. The third-order valence-electron chi connectivity index (χ3n) is 4.32. The minimum Gasteiger partial charge on any atom is -0.301 e. The number of benzene rings is 1. The predicted octanol–water partition coefficient (Wildman–Crippen LogP) is 4.53. The highest BCUT2D eigenvalue weighted by atomic mass is 32.1. The minimum atomic E-state index is -4.43. The van der Waals surface area contributed by atoms with Gasteiger partial charge in [-0.2, -0.15) is 13.2 Å². The maximum absolute atomic E-state index is 12.9. The second-order valence-corrected chi connectivity index (χ2v) is 8.39. The summed E-state index contributed by atoms with van der Waals surface area (Å²) in [5, 5.41) is 5.15. The molecular weight excluding hydrogens is 409 g/mol. The van der Waals surface area contributed by atoms with Gasteiger partial charge in [0.1, 0.15) is 10.7 Å². The Bertz CT molecular complexity index is 1030. The first-order chi connectivity index (χ1) is 13.3. The molecule has 2 aromatic heterocycles. The van der Waals surface area contributed by atoms with Crippen LogP contribution in [-0.2, 0) is 19.1 Å². The van der Waals surface area contributed by atoms with Crippen molar-refractivity contribution in [1.82, 2.24) is 14.9 Å². The van der Waals surface area contributed by atoms with Crippen LogP contribution in [0.4, 0.5) is 18.3 Å². The van der Waals surface area contributed by atoms with Crippen LogP contribution in [0.5, 0.6) is 0 Å². The van der Waals surface area contributed by atoms with E-state index in [1.54, 1.807) is 6.07 Å². The molecule has 0 saturated heterocycles. The molecule has 5 nitrogen and oxygen atoms in total. The molecule has 1 aromatic carbocycles. The van der Waals surface area contributed by atoms with Gasteiger partial charge in [-0.25, -0.2) is 9.97 Å². The molecule has 3 heterocycles. The van der Waals surface area contributed by atoms with Crippen LogP contribution in [0.15, 0.2) is 29.6 Å². The Labute approximate surface area is 166 Å². The zero-order valence-electron chi connectivity index (χ0n) is 14.7. The number of anilines is 1. The summed E-state index contributed by atoms with van der Waals surface area (Å²) in [5.74, 6) is -0.422. The number of hydrogen-bond acceptors (Lipinski definition) is 6. The number of hydrogen-bond donors (Lipinski definition) is 1. The van der Waals surface area contributed by atoms with Gasteiger partial charge in [0.05, 0.1) is 11.3 Å². The van der Waals surface area contributed by atoms with E-state index in [2.05, 4.69) is 20.2 Å². The van der Waals surface area contributed by atoms with Gasteiger partial charge in [0.25, 0.3) is 5.91 Å². The van der Waals surface area contributed by atoms with Gasteiger partial charge < -0.3 is 4.90 Å². The van der Waals surface area contributed by atoms with Crippen LogP contribution in [0.1, 0.15) is 26.6 Å². The molecule has 1 aliphatic rings. The Kier molecular flexibility index (Phi) is 4.94. The molecule has 3 aromatic rings. The van der Waals surface area contributed by atoms with Crippen LogP contribution in [0.25, 0.3) is 10.6 Å². The Morgan fingerprint density at radius 2 is 2.11 bits per heavy atom. The van der Waals surface area contributed by atoms with E-state index in [4.69, 9.17) is 0 Å². The monoisotopic (exact) mass is 424 g/mol. The lowest BCUT2D eigenvalue weighted by molar-refractivity contribution is -0.137. The lowest BCUT2D eigenvalue weighted by atomic mass is 10.1. The Balaban J connectivity index is 1.51. The standard InChI is InChI=1S/C18H15F3N4OS2/c1-25-6-5-12-14(8-25)28-17(23-12)24-15(26)13-9-27-16(22-13)10-3-2-4-11(7-10)18(19,20)21/h2-4,7,9H,5-6,8H2,1H3,(H,23,24,26). The number of rotatable bonds is 3. The minimum absolute atomic E-state index is 0.155. The van der Waals surface area contributed by atoms with Crippen LogP contribution in [0, 0.1) is 0 Å². The van der Waals surface area contributed by atoms with Crippen molar-refractivity contribution in [1.29, 1.82) is 0 Å². The van der Waals surface area contributed by atoms with Gasteiger partial charge in [0.2, 0.25) is 0 Å². The van der Waals surface area contributed by atoms with Gasteiger partial charge in [-0.15, -0.1) is 22.7 Å². The van der Waals surface area contributed by atoms with E-state index in [1.807, 2.05) is 7.05 Å². The molecule has 0 spiro atoms. The van der Waals surface area contributed by atoms with Crippen LogP contribution < -0.4 is 5.32 Å². The zero-order valence-corrected chi connectivity index (χ0v) is 16.3. The summed E-state index contributed by atoms with van der Waals surface area (Å²) in [5.41, 5.74) is 0.736. The maximum Gasteiger partial charge on any atom is 0.416 e. The number of halogens is 3. The molecule has 0 saturated carbocycles. The zero-order chi connectivity index (χ0) is 19.9. The molecule has 1 aliphatic heterocycles. The van der Waals surface area contributed by atoms with E-state index in [9.17, 15) is 18.0 Å². The molecule has 28 heavy (non-hydrogen) atoms. The number of nitrogens with one attached hydrogen (secondary N) is 1. The lowest BCUT2D eigenvalue weighted by Gasteiger charge is -2.20. The second-order valence-electron chi connectivity index (χ2n) is 6.45. The van der Waals surface area contributed by atoms with E-state index in [0.717, 1.165) is 53.6 Å². The van der Waals surface area contributed by atoms with Gasteiger partial charge in [0.15, 0.2) is 5.13 Å². The fraction of sp³-hybridized carbons (Fsp3) is 0.278. The van der Waals surface area contributed by atoms with Gasteiger partial charge in [-0.3, -0.25) is 10.1 Å². The smallest absolute Gasteiger partial charge is 0.301 e. The fourth-order valence-corrected chi connectivity index (χ4v) is 4.76. The lowest BCUT2D eigenvalue weighted by Crippen LogP contribution is -2.25. The first-order valence-electron chi connectivity index (χ1n) is 8.41. The predicted molar refractivity (Wildman–Crippen MR) is 103 cm³/mol. The van der Waals surface area contributed by atoms with Crippen molar-refractivity contribution < 1.29 is 18.0 Å². The molecule has 1 amide bonds. The van der Waals surface area contributed by atoms with Crippen molar-refractivity contribution in [2.75, 3.05) is 18.9 Å². The summed E-state index contributed by atoms with van der Waals surface area (Å²) < 4.78 is 38.7. The number of thiazole rings is 2. The number of fused-ring (bicyclic) bond motifs is 1. The van der Waals surface area contributed by atoms with Gasteiger partial charge in [0, 0.05) is 35.3 Å². The molecule has 0 radical (unpaired) electrons. The SMILES string of the molecule is CN1CCc2nc(NC(=O)c3csc(-c4cccc(C(F)(F)F)c4)n3)sc2C1. The number of nitrogens with zero attached hydrogens (tertiary/aromatic N) is 3. The Morgan fingerprint density at radius 1 is 1.29 bits per heavy atom. The number of carbonyl (C=O) groups is 1. The number of carbonyl (C=O) groups excluding carboxylic acids is 1. The van der Waals surface area contributed by atoms with Crippen molar-refractivity contribution >= 4 is 33.7 Å². The molecule has 0 atom stereocenters. The van der Waals surface area contributed by atoms with Crippen molar-refractivity contribution in [3.8, 4) is 10.6 Å². The molecule has 0 fully saturated rings.